The maximum Gasteiger partial charge on any atom is 0.312 e. The summed E-state index contributed by atoms with van der Waals surface area (Å²) in [6.45, 7) is 0. The first-order valence-corrected chi connectivity index (χ1v) is 7.29. The summed E-state index contributed by atoms with van der Waals surface area (Å²) in [6.07, 6.45) is 8.09. The molecule has 0 radical (unpaired) electrons. The molecule has 1 N–H and O–H groups in total. The molecule has 92 valence electrons. The van der Waals surface area contributed by atoms with Gasteiger partial charge in [-0.15, -0.1) is 11.3 Å². The van der Waals surface area contributed by atoms with Gasteiger partial charge in [0.2, 0.25) is 0 Å². The highest BCUT2D eigenvalue weighted by atomic mass is 32.1. The van der Waals surface area contributed by atoms with Crippen LogP contribution < -0.4 is 0 Å². The van der Waals surface area contributed by atoms with Crippen LogP contribution >= 0.6 is 11.3 Å². The number of hydrogen-bond acceptors (Lipinski definition) is 3. The smallest absolute Gasteiger partial charge is 0.312 e. The third-order valence-corrected chi connectivity index (χ3v) is 5.28. The minimum Gasteiger partial charge on any atom is -0.481 e. The van der Waals surface area contributed by atoms with Crippen molar-refractivity contribution >= 4 is 17.3 Å². The van der Waals surface area contributed by atoms with E-state index in [-0.39, 0.29) is 5.92 Å². The number of carboxylic acid groups (broad SMARTS) is 1. The van der Waals surface area contributed by atoms with Gasteiger partial charge in [0.1, 0.15) is 5.92 Å². The second-order valence-corrected chi connectivity index (χ2v) is 6.24. The Morgan fingerprint density at radius 2 is 2.00 bits per heavy atom. The molecule has 4 heteroatoms. The molecule has 0 bridgehead atoms. The molecule has 0 aliphatic heterocycles. The molecule has 0 spiro atoms. The molecule has 17 heavy (non-hydrogen) atoms. The lowest BCUT2D eigenvalue weighted by Gasteiger charge is -2.19. The van der Waals surface area contributed by atoms with E-state index in [0.29, 0.717) is 5.92 Å². The average molecular weight is 251 g/mol. The van der Waals surface area contributed by atoms with Crippen molar-refractivity contribution in [2.24, 2.45) is 0 Å². The molecule has 3 nitrogen and oxygen atoms in total. The number of rotatable bonds is 2. The van der Waals surface area contributed by atoms with Crippen molar-refractivity contribution in [1.29, 1.82) is 0 Å². The molecule has 0 amide bonds. The van der Waals surface area contributed by atoms with Crippen molar-refractivity contribution in [3.63, 3.8) is 0 Å². The summed E-state index contributed by atoms with van der Waals surface area (Å²) in [6, 6.07) is 0. The lowest BCUT2D eigenvalue weighted by atomic mass is 9.90. The van der Waals surface area contributed by atoms with Gasteiger partial charge in [-0.25, -0.2) is 4.98 Å². The summed E-state index contributed by atoms with van der Waals surface area (Å²) in [5.74, 6) is -0.434. The fourth-order valence-electron chi connectivity index (χ4n) is 3.01. The van der Waals surface area contributed by atoms with Crippen LogP contribution in [0.5, 0.6) is 0 Å². The van der Waals surface area contributed by atoms with Crippen molar-refractivity contribution < 1.29 is 9.90 Å². The third-order valence-electron chi connectivity index (χ3n) is 3.99. The van der Waals surface area contributed by atoms with Crippen LogP contribution in [-0.2, 0) is 11.2 Å². The highest BCUT2D eigenvalue weighted by molar-refractivity contribution is 7.11. The maximum absolute atomic E-state index is 11.1. The predicted molar refractivity (Wildman–Crippen MR) is 66.6 cm³/mol. The topological polar surface area (TPSA) is 50.2 Å². The summed E-state index contributed by atoms with van der Waals surface area (Å²) >= 11 is 1.78. The van der Waals surface area contributed by atoms with E-state index in [2.05, 4.69) is 4.98 Å². The number of carboxylic acids is 1. The zero-order valence-corrected chi connectivity index (χ0v) is 10.6. The molecule has 1 fully saturated rings. The molecule has 1 aromatic heterocycles. The molecule has 1 atom stereocenters. The second-order valence-electron chi connectivity index (χ2n) is 5.12. The van der Waals surface area contributed by atoms with Crippen molar-refractivity contribution in [1.82, 2.24) is 4.98 Å². The van der Waals surface area contributed by atoms with Crippen LogP contribution in [0.15, 0.2) is 0 Å². The summed E-state index contributed by atoms with van der Waals surface area (Å²) in [4.78, 5) is 17.0. The molecule has 1 heterocycles. The minimum absolute atomic E-state index is 0.335. The summed E-state index contributed by atoms with van der Waals surface area (Å²) in [5.41, 5.74) is 0.878. The molecule has 2 aliphatic rings. The van der Waals surface area contributed by atoms with E-state index in [1.54, 1.807) is 11.3 Å². The molecular weight excluding hydrogens is 234 g/mol. The Morgan fingerprint density at radius 1 is 1.24 bits per heavy atom. The van der Waals surface area contributed by atoms with Crippen molar-refractivity contribution in [2.75, 3.05) is 0 Å². The highest BCUT2D eigenvalue weighted by Gasteiger charge is 2.33. The molecule has 1 aromatic rings. The van der Waals surface area contributed by atoms with Gasteiger partial charge in [-0.3, -0.25) is 4.79 Å². The summed E-state index contributed by atoms with van der Waals surface area (Å²) < 4.78 is 0. The van der Waals surface area contributed by atoms with E-state index in [1.807, 2.05) is 0 Å². The molecule has 1 unspecified atom stereocenters. The van der Waals surface area contributed by atoms with Crippen LogP contribution in [-0.4, -0.2) is 16.1 Å². The van der Waals surface area contributed by atoms with Crippen molar-refractivity contribution in [3.8, 4) is 0 Å². The van der Waals surface area contributed by atoms with E-state index in [9.17, 15) is 4.79 Å². The number of thiazole rings is 1. The third kappa shape index (κ3) is 1.99. The molecular formula is C13H17NO2S. The number of hydrogen-bond donors (Lipinski definition) is 1. The number of nitrogens with zero attached hydrogens (tertiary/aromatic N) is 1. The standard InChI is InChI=1S/C13H17NO2S/c15-13(16)9-6-7-10-11(9)14-12(17-10)8-4-2-1-3-5-8/h8-9H,1-7H2,(H,15,16). The predicted octanol–water partition coefficient (Wildman–Crippen LogP) is 3.31. The minimum atomic E-state index is -0.704. The fraction of sp³-hybridized carbons (Fsp3) is 0.692. The van der Waals surface area contributed by atoms with Crippen LogP contribution in [0.1, 0.15) is 65.9 Å². The number of aromatic nitrogens is 1. The number of fused-ring (bicyclic) bond motifs is 1. The van der Waals surface area contributed by atoms with Gasteiger partial charge in [0.05, 0.1) is 10.7 Å². The zero-order chi connectivity index (χ0) is 11.8. The number of carbonyl (C=O) groups is 1. The van der Waals surface area contributed by atoms with Gasteiger partial charge >= 0.3 is 5.97 Å². The lowest BCUT2D eigenvalue weighted by molar-refractivity contribution is -0.138. The van der Waals surface area contributed by atoms with Crippen molar-refractivity contribution in [3.05, 3.63) is 15.6 Å². The Morgan fingerprint density at radius 3 is 2.71 bits per heavy atom. The quantitative estimate of drug-likeness (QED) is 0.877. The van der Waals surface area contributed by atoms with E-state index in [1.165, 1.54) is 42.0 Å². The largest absolute Gasteiger partial charge is 0.481 e. The Bertz CT molecular complexity index is 435. The first-order valence-electron chi connectivity index (χ1n) is 6.48. The first-order chi connectivity index (χ1) is 8.25. The highest BCUT2D eigenvalue weighted by Crippen LogP contribution is 2.41. The molecule has 3 rings (SSSR count). The van der Waals surface area contributed by atoms with Crippen molar-refractivity contribution in [2.45, 2.75) is 56.8 Å². The molecule has 0 aromatic carbocycles. The van der Waals surface area contributed by atoms with Gasteiger partial charge in [-0.2, -0.15) is 0 Å². The van der Waals surface area contributed by atoms with Crippen LogP contribution in [0.25, 0.3) is 0 Å². The molecule has 1 saturated carbocycles. The number of aryl methyl sites for hydroxylation is 1. The summed E-state index contributed by atoms with van der Waals surface area (Å²) in [5, 5.41) is 10.4. The van der Waals surface area contributed by atoms with Gasteiger partial charge in [0, 0.05) is 10.8 Å². The number of aliphatic carboxylic acids is 1. The fourth-order valence-corrected chi connectivity index (χ4v) is 4.32. The van der Waals surface area contributed by atoms with E-state index >= 15 is 0 Å². The Hall–Kier alpha value is -0.900. The van der Waals surface area contributed by atoms with Crippen LogP contribution in [0.3, 0.4) is 0 Å². The molecule has 2 aliphatic carbocycles. The van der Waals surface area contributed by atoms with E-state index in [4.69, 9.17) is 5.11 Å². The van der Waals surface area contributed by atoms with Gasteiger partial charge in [0.25, 0.3) is 0 Å². The van der Waals surface area contributed by atoms with Crippen LogP contribution in [0, 0.1) is 0 Å². The first kappa shape index (κ1) is 11.2. The zero-order valence-electron chi connectivity index (χ0n) is 9.82. The van der Waals surface area contributed by atoms with Crippen LogP contribution in [0.4, 0.5) is 0 Å². The normalized spacial score (nSPS) is 24.8. The maximum atomic E-state index is 11.1. The van der Waals surface area contributed by atoms with Gasteiger partial charge < -0.3 is 5.11 Å². The van der Waals surface area contributed by atoms with Gasteiger partial charge in [-0.1, -0.05) is 19.3 Å². The molecule has 0 saturated heterocycles. The average Bonchev–Trinajstić information content (AvgIpc) is 2.88. The second kappa shape index (κ2) is 4.41. The Labute approximate surface area is 105 Å². The van der Waals surface area contributed by atoms with Crippen LogP contribution in [0.2, 0.25) is 0 Å². The van der Waals surface area contributed by atoms with E-state index < -0.39 is 5.97 Å². The van der Waals surface area contributed by atoms with Gasteiger partial charge in [0.15, 0.2) is 0 Å². The van der Waals surface area contributed by atoms with E-state index in [0.717, 1.165) is 18.5 Å². The Kier molecular flexibility index (Phi) is 2.90. The lowest BCUT2D eigenvalue weighted by Crippen LogP contribution is -2.10. The summed E-state index contributed by atoms with van der Waals surface area (Å²) in [7, 11) is 0. The monoisotopic (exact) mass is 251 g/mol. The van der Waals surface area contributed by atoms with Gasteiger partial charge in [-0.05, 0) is 25.7 Å². The SMILES string of the molecule is O=C(O)C1CCc2sc(C3CCCCC3)nc21. The Balaban J connectivity index is 1.84.